The summed E-state index contributed by atoms with van der Waals surface area (Å²) in [5, 5.41) is 1.10. The summed E-state index contributed by atoms with van der Waals surface area (Å²) < 4.78 is 5.59. The standard InChI is InChI=1S/C25H25N5O2S/c1-16-14-29(25-23(26-15-33-25)24-27-19-4-2-3-5-20(19)28-24)9-10-30(16)22(31)13-17-6-7-21-18(12-17)8-11-32-21/h2-7,12,15-16H,8-11,13-14H2,1H3,(H,27,28). The molecule has 0 spiro atoms. The van der Waals surface area contributed by atoms with Crippen LogP contribution in [0, 0.1) is 0 Å². The molecule has 1 N–H and O–H groups in total. The summed E-state index contributed by atoms with van der Waals surface area (Å²) in [7, 11) is 0. The number of carbonyl (C=O) groups is 1. The molecule has 4 heterocycles. The largest absolute Gasteiger partial charge is 0.493 e. The number of amides is 1. The molecule has 2 aliphatic rings. The molecular weight excluding hydrogens is 434 g/mol. The van der Waals surface area contributed by atoms with E-state index in [1.165, 1.54) is 5.56 Å². The quantitative estimate of drug-likeness (QED) is 0.501. The number of para-hydroxylation sites is 2. The highest BCUT2D eigenvalue weighted by atomic mass is 32.1. The van der Waals surface area contributed by atoms with Gasteiger partial charge in [-0.1, -0.05) is 24.3 Å². The van der Waals surface area contributed by atoms with Crippen LogP contribution in [-0.4, -0.2) is 58.0 Å². The van der Waals surface area contributed by atoms with Gasteiger partial charge in [0.05, 0.1) is 29.6 Å². The van der Waals surface area contributed by atoms with E-state index in [0.717, 1.165) is 65.0 Å². The van der Waals surface area contributed by atoms with E-state index in [2.05, 4.69) is 27.9 Å². The Morgan fingerprint density at radius 1 is 1.24 bits per heavy atom. The fourth-order valence-corrected chi connectivity index (χ4v) is 5.66. The first kappa shape index (κ1) is 20.2. The first-order valence-corrected chi connectivity index (χ1v) is 12.2. The minimum absolute atomic E-state index is 0.120. The number of nitrogens with zero attached hydrogens (tertiary/aromatic N) is 4. The summed E-state index contributed by atoms with van der Waals surface area (Å²) in [6, 6.07) is 14.3. The molecule has 2 aromatic carbocycles. The second-order valence-corrected chi connectivity index (χ2v) is 9.54. The number of aromatic nitrogens is 3. The fraction of sp³-hybridized carbons (Fsp3) is 0.320. The minimum Gasteiger partial charge on any atom is -0.493 e. The van der Waals surface area contributed by atoms with E-state index in [4.69, 9.17) is 9.72 Å². The Morgan fingerprint density at radius 2 is 2.15 bits per heavy atom. The van der Waals surface area contributed by atoms with E-state index in [9.17, 15) is 4.79 Å². The summed E-state index contributed by atoms with van der Waals surface area (Å²) in [4.78, 5) is 30.2. The van der Waals surface area contributed by atoms with Crippen LogP contribution in [0.25, 0.3) is 22.6 Å². The molecule has 2 aliphatic heterocycles. The van der Waals surface area contributed by atoms with E-state index in [1.807, 2.05) is 46.8 Å². The van der Waals surface area contributed by atoms with Gasteiger partial charge in [-0.15, -0.1) is 11.3 Å². The highest BCUT2D eigenvalue weighted by Gasteiger charge is 2.30. The van der Waals surface area contributed by atoms with E-state index < -0.39 is 0 Å². The number of thiazole rings is 1. The molecule has 1 amide bonds. The number of benzene rings is 2. The van der Waals surface area contributed by atoms with Crippen LogP contribution >= 0.6 is 11.3 Å². The normalized spacial score (nSPS) is 17.9. The third-order valence-corrected chi connectivity index (χ3v) is 7.39. The van der Waals surface area contributed by atoms with Gasteiger partial charge in [-0.3, -0.25) is 4.79 Å². The lowest BCUT2D eigenvalue weighted by atomic mass is 10.0. The molecule has 6 rings (SSSR count). The van der Waals surface area contributed by atoms with Crippen LogP contribution in [0.2, 0.25) is 0 Å². The van der Waals surface area contributed by atoms with Gasteiger partial charge in [0.15, 0.2) is 5.82 Å². The van der Waals surface area contributed by atoms with E-state index >= 15 is 0 Å². The third kappa shape index (κ3) is 3.74. The van der Waals surface area contributed by atoms with Crippen molar-refractivity contribution >= 4 is 33.3 Å². The maximum absolute atomic E-state index is 13.1. The Bertz CT molecular complexity index is 1300. The van der Waals surface area contributed by atoms with Crippen molar-refractivity contribution in [2.45, 2.75) is 25.8 Å². The van der Waals surface area contributed by atoms with Crippen molar-refractivity contribution in [3.8, 4) is 17.3 Å². The number of aromatic amines is 1. The molecule has 4 aromatic rings. The molecule has 2 aromatic heterocycles. The summed E-state index contributed by atoms with van der Waals surface area (Å²) in [6.07, 6.45) is 1.36. The van der Waals surface area contributed by atoms with Crippen LogP contribution in [0.4, 0.5) is 5.00 Å². The molecule has 168 valence electrons. The lowest BCUT2D eigenvalue weighted by Gasteiger charge is -2.40. The van der Waals surface area contributed by atoms with Gasteiger partial charge < -0.3 is 19.5 Å². The van der Waals surface area contributed by atoms with Crippen molar-refractivity contribution in [2.24, 2.45) is 0 Å². The van der Waals surface area contributed by atoms with Gasteiger partial charge in [-0.2, -0.15) is 0 Å². The van der Waals surface area contributed by atoms with Crippen LogP contribution in [0.5, 0.6) is 5.75 Å². The van der Waals surface area contributed by atoms with E-state index in [0.29, 0.717) is 13.0 Å². The molecule has 1 atom stereocenters. The number of fused-ring (bicyclic) bond motifs is 2. The Morgan fingerprint density at radius 3 is 3.03 bits per heavy atom. The molecule has 0 bridgehead atoms. The molecule has 1 unspecified atom stereocenters. The Hall–Kier alpha value is -3.39. The zero-order chi connectivity index (χ0) is 22.4. The number of hydrogen-bond donors (Lipinski definition) is 1. The first-order valence-electron chi connectivity index (χ1n) is 11.3. The third-order valence-electron chi connectivity index (χ3n) is 6.51. The van der Waals surface area contributed by atoms with Crippen molar-refractivity contribution in [2.75, 3.05) is 31.1 Å². The summed E-state index contributed by atoms with van der Waals surface area (Å²) in [5.74, 6) is 1.93. The van der Waals surface area contributed by atoms with Crippen molar-refractivity contribution < 1.29 is 9.53 Å². The second-order valence-electron chi connectivity index (χ2n) is 8.71. The predicted octanol–water partition coefficient (Wildman–Crippen LogP) is 3.90. The van der Waals surface area contributed by atoms with Gasteiger partial charge in [-0.05, 0) is 36.2 Å². The first-order chi connectivity index (χ1) is 16.2. The number of rotatable bonds is 4. The number of piperazine rings is 1. The zero-order valence-corrected chi connectivity index (χ0v) is 19.3. The predicted molar refractivity (Wildman–Crippen MR) is 130 cm³/mol. The summed E-state index contributed by atoms with van der Waals surface area (Å²) >= 11 is 1.63. The highest BCUT2D eigenvalue weighted by molar-refractivity contribution is 7.14. The molecule has 1 saturated heterocycles. The number of hydrogen-bond acceptors (Lipinski definition) is 6. The Kier molecular flexibility index (Phi) is 5.02. The van der Waals surface area contributed by atoms with Gasteiger partial charge in [0.2, 0.25) is 5.91 Å². The van der Waals surface area contributed by atoms with Crippen LogP contribution in [0.1, 0.15) is 18.1 Å². The lowest BCUT2D eigenvalue weighted by Crippen LogP contribution is -2.54. The number of nitrogens with one attached hydrogen (secondary N) is 1. The van der Waals surface area contributed by atoms with E-state index in [-0.39, 0.29) is 11.9 Å². The van der Waals surface area contributed by atoms with Gasteiger partial charge in [0.1, 0.15) is 16.4 Å². The van der Waals surface area contributed by atoms with Crippen molar-refractivity contribution in [3.05, 3.63) is 59.1 Å². The zero-order valence-electron chi connectivity index (χ0n) is 18.5. The van der Waals surface area contributed by atoms with Gasteiger partial charge >= 0.3 is 0 Å². The SMILES string of the molecule is CC1CN(c2scnc2-c2nc3ccccc3[nH]2)CCN1C(=O)Cc1ccc2c(c1)CCO2. The monoisotopic (exact) mass is 459 g/mol. The average Bonchev–Trinajstić information content (AvgIpc) is 3.57. The molecule has 0 saturated carbocycles. The Balaban J connectivity index is 1.16. The van der Waals surface area contributed by atoms with Crippen molar-refractivity contribution in [1.82, 2.24) is 19.9 Å². The van der Waals surface area contributed by atoms with Crippen molar-refractivity contribution in [1.29, 1.82) is 0 Å². The fourth-order valence-electron chi connectivity index (χ4n) is 4.83. The van der Waals surface area contributed by atoms with Crippen LogP contribution in [0.15, 0.2) is 48.0 Å². The summed E-state index contributed by atoms with van der Waals surface area (Å²) in [6.45, 7) is 5.12. The number of H-pyrrole nitrogens is 1. The molecule has 33 heavy (non-hydrogen) atoms. The highest BCUT2D eigenvalue weighted by Crippen LogP contribution is 2.34. The molecule has 7 nitrogen and oxygen atoms in total. The van der Waals surface area contributed by atoms with Crippen LogP contribution in [-0.2, 0) is 17.6 Å². The lowest BCUT2D eigenvalue weighted by molar-refractivity contribution is -0.132. The van der Waals surface area contributed by atoms with E-state index in [1.54, 1.807) is 11.3 Å². The maximum Gasteiger partial charge on any atom is 0.227 e. The minimum atomic E-state index is 0.120. The summed E-state index contributed by atoms with van der Waals surface area (Å²) in [5.41, 5.74) is 6.97. The maximum atomic E-state index is 13.1. The van der Waals surface area contributed by atoms with Gasteiger partial charge in [-0.25, -0.2) is 9.97 Å². The molecule has 0 radical (unpaired) electrons. The average molecular weight is 460 g/mol. The number of ether oxygens (including phenoxy) is 1. The smallest absolute Gasteiger partial charge is 0.227 e. The number of anilines is 1. The topological polar surface area (TPSA) is 74.4 Å². The second kappa shape index (κ2) is 8.19. The number of carbonyl (C=O) groups excluding carboxylic acids is 1. The number of imidazole rings is 1. The van der Waals surface area contributed by atoms with Gasteiger partial charge in [0, 0.05) is 32.1 Å². The molecule has 1 fully saturated rings. The molecular formula is C25H25N5O2S. The molecule has 0 aliphatic carbocycles. The van der Waals surface area contributed by atoms with Crippen LogP contribution < -0.4 is 9.64 Å². The molecule has 8 heteroatoms. The Labute approximate surface area is 196 Å². The van der Waals surface area contributed by atoms with Crippen LogP contribution in [0.3, 0.4) is 0 Å². The van der Waals surface area contributed by atoms with Crippen molar-refractivity contribution in [3.63, 3.8) is 0 Å². The van der Waals surface area contributed by atoms with Gasteiger partial charge in [0.25, 0.3) is 0 Å².